The van der Waals surface area contributed by atoms with E-state index in [-0.39, 0.29) is 5.97 Å². The van der Waals surface area contributed by atoms with Gasteiger partial charge in [-0.2, -0.15) is 0 Å². The SMILES string of the molecule is CC=CC(=O)OCCCCCl. The Hall–Kier alpha value is -0.500. The molecule has 0 fully saturated rings. The van der Waals surface area contributed by atoms with Gasteiger partial charge >= 0.3 is 5.97 Å². The second-order valence-electron chi connectivity index (χ2n) is 2.06. The number of alkyl halides is 1. The van der Waals surface area contributed by atoms with Crippen LogP contribution in [0.15, 0.2) is 12.2 Å². The van der Waals surface area contributed by atoms with Gasteiger partial charge in [0.05, 0.1) is 6.61 Å². The van der Waals surface area contributed by atoms with E-state index < -0.39 is 0 Å². The molecule has 0 aliphatic rings. The largest absolute Gasteiger partial charge is 0.463 e. The predicted octanol–water partition coefficient (Wildman–Crippen LogP) is 2.12. The lowest BCUT2D eigenvalue weighted by Gasteiger charge is -1.98. The van der Waals surface area contributed by atoms with Gasteiger partial charge in [-0.3, -0.25) is 0 Å². The number of allylic oxidation sites excluding steroid dienone is 1. The molecular weight excluding hydrogens is 164 g/mol. The molecule has 64 valence electrons. The van der Waals surface area contributed by atoms with Crippen LogP contribution in [0.2, 0.25) is 0 Å². The van der Waals surface area contributed by atoms with E-state index in [9.17, 15) is 4.79 Å². The third kappa shape index (κ3) is 7.40. The fourth-order valence-electron chi connectivity index (χ4n) is 0.554. The summed E-state index contributed by atoms with van der Waals surface area (Å²) in [5.41, 5.74) is 0. The molecule has 0 heterocycles. The van der Waals surface area contributed by atoms with Gasteiger partial charge in [-0.25, -0.2) is 4.79 Å². The van der Waals surface area contributed by atoms with Crippen molar-refractivity contribution < 1.29 is 9.53 Å². The summed E-state index contributed by atoms with van der Waals surface area (Å²) in [5.74, 6) is 0.350. The number of esters is 1. The maximum Gasteiger partial charge on any atom is 0.330 e. The van der Waals surface area contributed by atoms with Gasteiger partial charge in [0.15, 0.2) is 0 Å². The first-order valence-corrected chi connectivity index (χ1v) is 4.20. The van der Waals surface area contributed by atoms with E-state index in [0.717, 1.165) is 12.8 Å². The number of unbranched alkanes of at least 4 members (excludes halogenated alkanes) is 1. The van der Waals surface area contributed by atoms with Crippen LogP contribution in [-0.2, 0) is 9.53 Å². The van der Waals surface area contributed by atoms with E-state index in [1.54, 1.807) is 13.0 Å². The van der Waals surface area contributed by atoms with Gasteiger partial charge in [-0.15, -0.1) is 11.6 Å². The van der Waals surface area contributed by atoms with Crippen molar-refractivity contribution in [2.24, 2.45) is 0 Å². The number of hydrogen-bond acceptors (Lipinski definition) is 2. The third-order valence-corrected chi connectivity index (χ3v) is 1.34. The summed E-state index contributed by atoms with van der Waals surface area (Å²) in [6.07, 6.45) is 4.79. The van der Waals surface area contributed by atoms with Crippen LogP contribution in [0.25, 0.3) is 0 Å². The standard InChI is InChI=1S/C8H13ClO2/c1-2-5-8(10)11-7-4-3-6-9/h2,5H,3-4,6-7H2,1H3. The van der Waals surface area contributed by atoms with E-state index in [1.807, 2.05) is 0 Å². The van der Waals surface area contributed by atoms with Crippen LogP contribution < -0.4 is 0 Å². The van der Waals surface area contributed by atoms with E-state index >= 15 is 0 Å². The first kappa shape index (κ1) is 10.5. The molecule has 0 N–H and O–H groups in total. The Morgan fingerprint density at radius 2 is 2.27 bits per heavy atom. The maximum atomic E-state index is 10.7. The van der Waals surface area contributed by atoms with Crippen LogP contribution in [0.3, 0.4) is 0 Å². The zero-order chi connectivity index (χ0) is 8.53. The number of halogens is 1. The summed E-state index contributed by atoms with van der Waals surface area (Å²) in [6, 6.07) is 0. The molecule has 0 atom stereocenters. The molecule has 0 aliphatic carbocycles. The minimum Gasteiger partial charge on any atom is -0.463 e. The van der Waals surface area contributed by atoms with Crippen LogP contribution in [0.1, 0.15) is 19.8 Å². The van der Waals surface area contributed by atoms with E-state index in [0.29, 0.717) is 12.5 Å². The van der Waals surface area contributed by atoms with Crippen molar-refractivity contribution in [3.8, 4) is 0 Å². The van der Waals surface area contributed by atoms with Crippen LogP contribution in [0.5, 0.6) is 0 Å². The molecule has 0 spiro atoms. The molecule has 0 unspecified atom stereocenters. The van der Waals surface area contributed by atoms with Crippen LogP contribution >= 0.6 is 11.6 Å². The molecule has 0 amide bonds. The van der Waals surface area contributed by atoms with Crippen molar-refractivity contribution in [1.29, 1.82) is 0 Å². The lowest BCUT2D eigenvalue weighted by molar-refractivity contribution is -0.137. The summed E-state index contributed by atoms with van der Waals surface area (Å²) in [4.78, 5) is 10.7. The second kappa shape index (κ2) is 7.61. The smallest absolute Gasteiger partial charge is 0.330 e. The van der Waals surface area contributed by atoms with Gasteiger partial charge in [0.2, 0.25) is 0 Å². The third-order valence-electron chi connectivity index (χ3n) is 1.08. The van der Waals surface area contributed by atoms with Gasteiger partial charge in [0.25, 0.3) is 0 Å². The fraction of sp³-hybridized carbons (Fsp3) is 0.625. The molecule has 0 aromatic heterocycles. The van der Waals surface area contributed by atoms with Crippen molar-refractivity contribution >= 4 is 17.6 Å². The van der Waals surface area contributed by atoms with E-state index in [1.165, 1.54) is 6.08 Å². The van der Waals surface area contributed by atoms with E-state index in [2.05, 4.69) is 0 Å². The van der Waals surface area contributed by atoms with Gasteiger partial charge in [0.1, 0.15) is 0 Å². The molecular formula is C8H13ClO2. The monoisotopic (exact) mass is 176 g/mol. The Bertz CT molecular complexity index is 132. The molecule has 0 saturated carbocycles. The Labute approximate surface area is 72.2 Å². The summed E-state index contributed by atoms with van der Waals surface area (Å²) in [5, 5.41) is 0. The highest BCUT2D eigenvalue weighted by Crippen LogP contribution is 1.93. The number of hydrogen-bond donors (Lipinski definition) is 0. The minimum atomic E-state index is -0.276. The van der Waals surface area contributed by atoms with Crippen LogP contribution in [0.4, 0.5) is 0 Å². The molecule has 0 rings (SSSR count). The molecule has 0 aromatic carbocycles. The van der Waals surface area contributed by atoms with Crippen molar-refractivity contribution in [2.75, 3.05) is 12.5 Å². The zero-order valence-electron chi connectivity index (χ0n) is 6.68. The van der Waals surface area contributed by atoms with Crippen molar-refractivity contribution in [3.63, 3.8) is 0 Å². The summed E-state index contributed by atoms with van der Waals surface area (Å²) in [6.45, 7) is 2.25. The molecule has 3 heteroatoms. The molecule has 2 nitrogen and oxygen atoms in total. The topological polar surface area (TPSA) is 26.3 Å². The molecule has 0 aliphatic heterocycles. The zero-order valence-corrected chi connectivity index (χ0v) is 7.43. The predicted molar refractivity (Wildman–Crippen MR) is 45.7 cm³/mol. The average Bonchev–Trinajstić information content (AvgIpc) is 1.99. The lowest BCUT2D eigenvalue weighted by Crippen LogP contribution is -2.01. The molecule has 11 heavy (non-hydrogen) atoms. The Balaban J connectivity index is 3.17. The van der Waals surface area contributed by atoms with E-state index in [4.69, 9.17) is 16.3 Å². The lowest BCUT2D eigenvalue weighted by atomic mass is 10.4. The van der Waals surface area contributed by atoms with Crippen LogP contribution in [-0.4, -0.2) is 18.5 Å². The van der Waals surface area contributed by atoms with Gasteiger partial charge in [-0.1, -0.05) is 6.08 Å². The summed E-state index contributed by atoms with van der Waals surface area (Å²) < 4.78 is 4.80. The highest BCUT2D eigenvalue weighted by atomic mass is 35.5. The van der Waals surface area contributed by atoms with Gasteiger partial charge in [0, 0.05) is 12.0 Å². The number of ether oxygens (including phenoxy) is 1. The fourth-order valence-corrected chi connectivity index (χ4v) is 0.742. The Morgan fingerprint density at radius 3 is 2.82 bits per heavy atom. The minimum absolute atomic E-state index is 0.276. The first-order chi connectivity index (χ1) is 5.31. The molecule has 0 aromatic rings. The number of rotatable bonds is 5. The van der Waals surface area contributed by atoms with Crippen molar-refractivity contribution in [2.45, 2.75) is 19.8 Å². The molecule has 0 radical (unpaired) electrons. The maximum absolute atomic E-state index is 10.7. The summed E-state index contributed by atoms with van der Waals surface area (Å²) >= 11 is 5.42. The Kier molecular flexibility index (Phi) is 7.26. The molecule has 0 saturated heterocycles. The Morgan fingerprint density at radius 1 is 1.55 bits per heavy atom. The normalized spacial score (nSPS) is 10.4. The highest BCUT2D eigenvalue weighted by molar-refractivity contribution is 6.17. The summed E-state index contributed by atoms with van der Waals surface area (Å²) in [7, 11) is 0. The second-order valence-corrected chi connectivity index (χ2v) is 2.44. The number of carbonyl (C=O) groups excluding carboxylic acids is 1. The first-order valence-electron chi connectivity index (χ1n) is 3.66. The van der Waals surface area contributed by atoms with Crippen molar-refractivity contribution in [1.82, 2.24) is 0 Å². The quantitative estimate of drug-likeness (QED) is 0.278. The van der Waals surface area contributed by atoms with Crippen LogP contribution in [0, 0.1) is 0 Å². The highest BCUT2D eigenvalue weighted by Gasteiger charge is 1.93. The van der Waals surface area contributed by atoms with Gasteiger partial charge < -0.3 is 4.74 Å². The number of carbonyl (C=O) groups is 1. The average molecular weight is 177 g/mol. The van der Waals surface area contributed by atoms with Crippen molar-refractivity contribution in [3.05, 3.63) is 12.2 Å². The molecule has 0 bridgehead atoms. The van der Waals surface area contributed by atoms with Gasteiger partial charge in [-0.05, 0) is 19.8 Å².